The Morgan fingerprint density at radius 1 is 1.00 bits per heavy atom. The van der Waals surface area contributed by atoms with Crippen LogP contribution in [-0.4, -0.2) is 31.3 Å². The zero-order valence-corrected chi connectivity index (χ0v) is 14.8. The fraction of sp³-hybridized carbons (Fsp3) is 0.800. The SMILES string of the molecule is COC(=O)C1C(CC=O)C2CCC1C1C3CCC(C4C(=O)OC(=O)C34)C21. The van der Waals surface area contributed by atoms with Crippen molar-refractivity contribution in [1.82, 2.24) is 0 Å². The molecule has 1 heterocycles. The first-order chi connectivity index (χ1) is 12.6. The molecule has 10 atom stereocenters. The Bertz CT molecular complexity index is 686. The first kappa shape index (κ1) is 16.5. The minimum absolute atomic E-state index is 0.00544. The van der Waals surface area contributed by atoms with E-state index in [1.54, 1.807) is 0 Å². The minimum atomic E-state index is -0.353. The number of methoxy groups -OCH3 is 1. The average molecular weight is 360 g/mol. The summed E-state index contributed by atoms with van der Waals surface area (Å²) in [6.07, 6.45) is 5.14. The monoisotopic (exact) mass is 360 g/mol. The summed E-state index contributed by atoms with van der Waals surface area (Å²) in [6, 6.07) is 0. The number of cyclic esters (lactones) is 2. The smallest absolute Gasteiger partial charge is 0.317 e. The van der Waals surface area contributed by atoms with Gasteiger partial charge in [0.05, 0.1) is 24.9 Å². The Morgan fingerprint density at radius 2 is 1.54 bits per heavy atom. The number of rotatable bonds is 3. The van der Waals surface area contributed by atoms with Gasteiger partial charge in [-0.05, 0) is 67.1 Å². The van der Waals surface area contributed by atoms with Crippen LogP contribution < -0.4 is 0 Å². The number of hydrogen-bond acceptors (Lipinski definition) is 6. The molecule has 0 spiro atoms. The van der Waals surface area contributed by atoms with Gasteiger partial charge in [-0.1, -0.05) is 0 Å². The van der Waals surface area contributed by atoms with Crippen LogP contribution in [0.4, 0.5) is 0 Å². The van der Waals surface area contributed by atoms with Crippen LogP contribution >= 0.6 is 0 Å². The van der Waals surface area contributed by atoms with Crippen LogP contribution in [0.25, 0.3) is 0 Å². The maximum absolute atomic E-state index is 12.6. The zero-order chi connectivity index (χ0) is 18.2. The van der Waals surface area contributed by atoms with E-state index in [0.717, 1.165) is 32.0 Å². The predicted octanol–water partition coefficient (Wildman–Crippen LogP) is 1.61. The third-order valence-electron chi connectivity index (χ3n) is 8.46. The molecule has 0 radical (unpaired) electrons. The van der Waals surface area contributed by atoms with Gasteiger partial charge in [-0.15, -0.1) is 0 Å². The Hall–Kier alpha value is -1.72. The molecule has 6 nitrogen and oxygen atoms in total. The van der Waals surface area contributed by atoms with Gasteiger partial charge in [0.15, 0.2) is 0 Å². The summed E-state index contributed by atoms with van der Waals surface area (Å²) in [5.41, 5.74) is 0. The number of carbonyl (C=O) groups excluding carboxylic acids is 4. The summed E-state index contributed by atoms with van der Waals surface area (Å²) in [5, 5.41) is 0. The quantitative estimate of drug-likeness (QED) is 0.432. The molecule has 0 aromatic carbocycles. The van der Waals surface area contributed by atoms with Crippen molar-refractivity contribution in [3.8, 4) is 0 Å². The van der Waals surface area contributed by atoms with Crippen molar-refractivity contribution < 1.29 is 28.7 Å². The number of carbonyl (C=O) groups is 4. The lowest BCUT2D eigenvalue weighted by atomic mass is 9.37. The van der Waals surface area contributed by atoms with Crippen molar-refractivity contribution >= 4 is 24.2 Å². The van der Waals surface area contributed by atoms with Crippen molar-refractivity contribution in [3.05, 3.63) is 0 Å². The number of hydrogen-bond donors (Lipinski definition) is 0. The van der Waals surface area contributed by atoms with Crippen molar-refractivity contribution in [2.45, 2.75) is 32.1 Å². The lowest BCUT2D eigenvalue weighted by molar-refractivity contribution is -0.204. The highest BCUT2D eigenvalue weighted by Crippen LogP contribution is 2.69. The molecule has 0 amide bonds. The summed E-state index contributed by atoms with van der Waals surface area (Å²) in [5.74, 6) is -0.455. The van der Waals surface area contributed by atoms with E-state index in [-0.39, 0.29) is 71.2 Å². The van der Waals surface area contributed by atoms with Crippen LogP contribution in [-0.2, 0) is 28.7 Å². The third-order valence-corrected chi connectivity index (χ3v) is 8.46. The normalized spacial score (nSPS) is 50.8. The topological polar surface area (TPSA) is 86.7 Å². The van der Waals surface area contributed by atoms with E-state index in [1.165, 1.54) is 7.11 Å². The van der Waals surface area contributed by atoms with Crippen LogP contribution in [0.2, 0.25) is 0 Å². The standard InChI is InChI=1S/C20H24O6/c1-25-18(22)15-9(6-7-21)8-2-3-10(15)14-12-5-4-11(13(8)14)16-17(12)20(24)26-19(16)23/h7-17H,2-6H2,1H3. The molecule has 0 aromatic rings. The summed E-state index contributed by atoms with van der Waals surface area (Å²) in [7, 11) is 1.41. The predicted molar refractivity (Wildman–Crippen MR) is 87.2 cm³/mol. The zero-order valence-electron chi connectivity index (χ0n) is 14.8. The van der Waals surface area contributed by atoms with E-state index >= 15 is 0 Å². The molecule has 6 aliphatic carbocycles. The van der Waals surface area contributed by atoms with Crippen molar-refractivity contribution in [2.75, 3.05) is 7.11 Å². The number of ether oxygens (including phenoxy) is 2. The number of aldehydes is 1. The van der Waals surface area contributed by atoms with Gasteiger partial charge in [0, 0.05) is 6.42 Å². The van der Waals surface area contributed by atoms with E-state index in [0.29, 0.717) is 12.3 Å². The van der Waals surface area contributed by atoms with E-state index in [9.17, 15) is 19.2 Å². The molecule has 26 heavy (non-hydrogen) atoms. The highest BCUT2D eigenvalue weighted by atomic mass is 16.6. The van der Waals surface area contributed by atoms with Gasteiger partial charge in [0.25, 0.3) is 0 Å². The molecule has 0 aromatic heterocycles. The molecule has 10 unspecified atom stereocenters. The van der Waals surface area contributed by atoms with Crippen LogP contribution in [0.1, 0.15) is 32.1 Å². The fourth-order valence-electron chi connectivity index (χ4n) is 7.99. The second-order valence-electron chi connectivity index (χ2n) is 8.87. The highest BCUT2D eigenvalue weighted by molar-refractivity contribution is 5.97. The van der Waals surface area contributed by atoms with Crippen molar-refractivity contribution in [2.24, 2.45) is 59.2 Å². The molecule has 7 aliphatic rings. The minimum Gasteiger partial charge on any atom is -0.469 e. The molecule has 4 bridgehead atoms. The van der Waals surface area contributed by atoms with Gasteiger partial charge in [-0.3, -0.25) is 14.4 Å². The second-order valence-corrected chi connectivity index (χ2v) is 8.87. The van der Waals surface area contributed by atoms with E-state index in [2.05, 4.69) is 0 Å². The maximum Gasteiger partial charge on any atom is 0.317 e. The van der Waals surface area contributed by atoms with E-state index < -0.39 is 0 Å². The van der Waals surface area contributed by atoms with Gasteiger partial charge < -0.3 is 14.3 Å². The molecule has 6 heteroatoms. The first-order valence-corrected chi connectivity index (χ1v) is 9.85. The molecular weight excluding hydrogens is 336 g/mol. The highest BCUT2D eigenvalue weighted by Gasteiger charge is 2.70. The van der Waals surface area contributed by atoms with Crippen LogP contribution in [0.15, 0.2) is 0 Å². The van der Waals surface area contributed by atoms with Gasteiger partial charge in [-0.2, -0.15) is 0 Å². The molecule has 7 rings (SSSR count). The summed E-state index contributed by atoms with van der Waals surface area (Å²) < 4.78 is 10.1. The molecule has 1 aliphatic heterocycles. The van der Waals surface area contributed by atoms with Gasteiger partial charge in [-0.25, -0.2) is 0 Å². The van der Waals surface area contributed by atoms with Gasteiger partial charge in [0.2, 0.25) is 0 Å². The van der Waals surface area contributed by atoms with Crippen LogP contribution in [0.3, 0.4) is 0 Å². The van der Waals surface area contributed by atoms with E-state index in [1.807, 2.05) is 0 Å². The van der Waals surface area contributed by atoms with Gasteiger partial charge >= 0.3 is 17.9 Å². The first-order valence-electron chi connectivity index (χ1n) is 9.85. The summed E-state index contributed by atoms with van der Waals surface area (Å²) in [4.78, 5) is 48.6. The number of esters is 3. The second kappa shape index (κ2) is 5.64. The molecule has 6 saturated carbocycles. The Balaban J connectivity index is 1.58. The Labute approximate surface area is 152 Å². The Morgan fingerprint density at radius 3 is 2.12 bits per heavy atom. The Kier molecular flexibility index (Phi) is 3.57. The molecule has 7 fully saturated rings. The van der Waals surface area contributed by atoms with Crippen LogP contribution in [0.5, 0.6) is 0 Å². The maximum atomic E-state index is 12.6. The summed E-state index contributed by atoms with van der Waals surface area (Å²) in [6.45, 7) is 0. The average Bonchev–Trinajstić information content (AvgIpc) is 2.98. The van der Waals surface area contributed by atoms with E-state index in [4.69, 9.17) is 9.47 Å². The van der Waals surface area contributed by atoms with Crippen molar-refractivity contribution in [1.29, 1.82) is 0 Å². The molecular formula is C20H24O6. The fourth-order valence-corrected chi connectivity index (χ4v) is 7.99. The lowest BCUT2D eigenvalue weighted by Crippen LogP contribution is -2.64. The molecule has 1 saturated heterocycles. The largest absolute Gasteiger partial charge is 0.469 e. The van der Waals surface area contributed by atoms with Crippen molar-refractivity contribution in [3.63, 3.8) is 0 Å². The molecule has 0 N–H and O–H groups in total. The summed E-state index contributed by atoms with van der Waals surface area (Å²) >= 11 is 0. The van der Waals surface area contributed by atoms with Gasteiger partial charge in [0.1, 0.15) is 6.29 Å². The third kappa shape index (κ3) is 1.88. The number of fused-ring (bicyclic) bond motifs is 3. The molecule has 140 valence electrons. The van der Waals surface area contributed by atoms with Crippen LogP contribution in [0, 0.1) is 59.2 Å². The lowest BCUT2D eigenvalue weighted by Gasteiger charge is -2.65.